The average molecular weight is 347 g/mol. The molecule has 0 unspecified atom stereocenters. The van der Waals surface area contributed by atoms with Crippen LogP contribution in [0.5, 0.6) is 0 Å². The molecule has 0 amide bonds. The lowest BCUT2D eigenvalue weighted by Crippen LogP contribution is -2.26. The molecule has 1 aromatic heterocycles. The Labute approximate surface area is 144 Å². The molecule has 0 spiro atoms. The van der Waals surface area contributed by atoms with Crippen LogP contribution in [0.3, 0.4) is 0 Å². The molecule has 6 heteroatoms. The first-order valence-corrected chi connectivity index (χ1v) is 9.42. The quantitative estimate of drug-likeness (QED) is 0.849. The number of rotatable bonds is 5. The maximum atomic E-state index is 12.4. The molecule has 0 saturated carbocycles. The number of nitrogens with one attached hydrogen (secondary N) is 2. The number of aromatic nitrogens is 1. The van der Waals surface area contributed by atoms with Gasteiger partial charge in [-0.05, 0) is 56.5 Å². The highest BCUT2D eigenvalue weighted by Gasteiger charge is 2.15. The van der Waals surface area contributed by atoms with Gasteiger partial charge in [-0.15, -0.1) is 0 Å². The normalized spacial score (nSPS) is 12.2. The van der Waals surface area contributed by atoms with Gasteiger partial charge in [-0.1, -0.05) is 26.0 Å². The second kappa shape index (κ2) is 6.81. The van der Waals surface area contributed by atoms with Crippen molar-refractivity contribution in [2.24, 2.45) is 0 Å². The first-order chi connectivity index (χ1) is 11.1. The Morgan fingerprint density at radius 3 is 2.08 bits per heavy atom. The van der Waals surface area contributed by atoms with Crippen molar-refractivity contribution >= 4 is 21.5 Å². The van der Waals surface area contributed by atoms with E-state index in [1.165, 1.54) is 0 Å². The van der Waals surface area contributed by atoms with E-state index < -0.39 is 10.0 Å². The molecule has 1 heterocycles. The van der Waals surface area contributed by atoms with E-state index in [9.17, 15) is 8.42 Å². The van der Waals surface area contributed by atoms with Gasteiger partial charge in [0, 0.05) is 5.54 Å². The third-order valence-corrected chi connectivity index (χ3v) is 4.75. The van der Waals surface area contributed by atoms with Gasteiger partial charge >= 0.3 is 0 Å². The van der Waals surface area contributed by atoms with Crippen molar-refractivity contribution in [2.45, 2.75) is 51.0 Å². The Balaban J connectivity index is 2.14. The second-order valence-electron chi connectivity index (χ2n) is 7.14. The third-order valence-electron chi connectivity index (χ3n) is 3.38. The SMILES string of the molecule is CC(C)c1ccc(S(=O)(=O)Nc2ccc(NC(C)(C)C)cn2)cc1. The average Bonchev–Trinajstić information content (AvgIpc) is 2.47. The summed E-state index contributed by atoms with van der Waals surface area (Å²) < 4.78 is 27.4. The zero-order chi connectivity index (χ0) is 18.0. The maximum absolute atomic E-state index is 12.4. The van der Waals surface area contributed by atoms with E-state index in [2.05, 4.69) is 28.9 Å². The number of nitrogens with zero attached hydrogens (tertiary/aromatic N) is 1. The summed E-state index contributed by atoms with van der Waals surface area (Å²) in [5.41, 5.74) is 1.86. The fourth-order valence-corrected chi connectivity index (χ4v) is 3.20. The topological polar surface area (TPSA) is 71.1 Å². The van der Waals surface area contributed by atoms with Crippen molar-refractivity contribution in [3.05, 3.63) is 48.2 Å². The van der Waals surface area contributed by atoms with E-state index in [0.717, 1.165) is 11.3 Å². The Morgan fingerprint density at radius 2 is 1.62 bits per heavy atom. The summed E-state index contributed by atoms with van der Waals surface area (Å²) >= 11 is 0. The minimum absolute atomic E-state index is 0.0825. The van der Waals surface area contributed by atoms with Gasteiger partial charge in [0.15, 0.2) is 0 Å². The molecule has 5 nitrogen and oxygen atoms in total. The first kappa shape index (κ1) is 18.3. The Bertz CT molecular complexity index is 775. The van der Waals surface area contributed by atoms with E-state index in [0.29, 0.717) is 11.7 Å². The highest BCUT2D eigenvalue weighted by atomic mass is 32.2. The smallest absolute Gasteiger partial charge is 0.263 e. The lowest BCUT2D eigenvalue weighted by molar-refractivity contribution is 0.601. The highest BCUT2D eigenvalue weighted by Crippen LogP contribution is 2.20. The van der Waals surface area contributed by atoms with Crippen molar-refractivity contribution in [3.63, 3.8) is 0 Å². The van der Waals surface area contributed by atoms with Gasteiger partial charge in [0.1, 0.15) is 5.82 Å². The highest BCUT2D eigenvalue weighted by molar-refractivity contribution is 7.92. The van der Waals surface area contributed by atoms with Crippen LogP contribution in [0, 0.1) is 0 Å². The molecule has 130 valence electrons. The van der Waals surface area contributed by atoms with Crippen LogP contribution in [0.2, 0.25) is 0 Å². The van der Waals surface area contributed by atoms with Crippen LogP contribution in [0.4, 0.5) is 11.5 Å². The molecule has 0 aliphatic carbocycles. The first-order valence-electron chi connectivity index (χ1n) is 7.94. The van der Waals surface area contributed by atoms with Crippen LogP contribution in [0.15, 0.2) is 47.5 Å². The summed E-state index contributed by atoms with van der Waals surface area (Å²) in [6.07, 6.45) is 1.62. The molecule has 0 saturated heterocycles. The van der Waals surface area contributed by atoms with E-state index in [1.54, 1.807) is 30.5 Å². The van der Waals surface area contributed by atoms with Crippen molar-refractivity contribution in [1.82, 2.24) is 4.98 Å². The predicted molar refractivity (Wildman–Crippen MR) is 99.0 cm³/mol. The molecule has 2 N–H and O–H groups in total. The second-order valence-corrected chi connectivity index (χ2v) is 8.82. The molecule has 2 rings (SSSR count). The Hall–Kier alpha value is -2.08. The van der Waals surface area contributed by atoms with E-state index in [4.69, 9.17) is 0 Å². The zero-order valence-electron chi connectivity index (χ0n) is 14.8. The molecule has 2 aromatic rings. The number of sulfonamides is 1. The van der Waals surface area contributed by atoms with E-state index in [-0.39, 0.29) is 10.4 Å². The molecular formula is C18H25N3O2S. The largest absolute Gasteiger partial charge is 0.379 e. The van der Waals surface area contributed by atoms with Crippen molar-refractivity contribution in [1.29, 1.82) is 0 Å². The summed E-state index contributed by atoms with van der Waals surface area (Å²) in [6.45, 7) is 10.3. The van der Waals surface area contributed by atoms with Gasteiger partial charge in [-0.2, -0.15) is 0 Å². The van der Waals surface area contributed by atoms with Crippen LogP contribution in [0.1, 0.15) is 46.1 Å². The third kappa shape index (κ3) is 4.96. The summed E-state index contributed by atoms with van der Waals surface area (Å²) in [5, 5.41) is 3.28. The molecular weight excluding hydrogens is 322 g/mol. The lowest BCUT2D eigenvalue weighted by Gasteiger charge is -2.21. The van der Waals surface area contributed by atoms with Crippen LogP contribution >= 0.6 is 0 Å². The minimum atomic E-state index is -3.64. The Morgan fingerprint density at radius 1 is 1.00 bits per heavy atom. The van der Waals surface area contributed by atoms with Crippen LogP contribution in [-0.2, 0) is 10.0 Å². The van der Waals surface area contributed by atoms with E-state index >= 15 is 0 Å². The number of hydrogen-bond donors (Lipinski definition) is 2. The molecule has 0 atom stereocenters. The summed E-state index contributed by atoms with van der Waals surface area (Å²) in [4.78, 5) is 4.39. The monoisotopic (exact) mass is 347 g/mol. The molecule has 0 aliphatic heterocycles. The van der Waals surface area contributed by atoms with Gasteiger partial charge in [0.05, 0.1) is 16.8 Å². The molecule has 24 heavy (non-hydrogen) atoms. The standard InChI is InChI=1S/C18H25N3O2S/c1-13(2)14-6-9-16(10-7-14)24(22,23)21-17-11-8-15(12-19-17)20-18(3,4)5/h6-13,20H,1-5H3,(H,19,21). The molecule has 1 aromatic carbocycles. The summed E-state index contributed by atoms with van der Waals surface area (Å²) in [7, 11) is -3.64. The maximum Gasteiger partial charge on any atom is 0.263 e. The van der Waals surface area contributed by atoms with Crippen molar-refractivity contribution in [3.8, 4) is 0 Å². The van der Waals surface area contributed by atoms with E-state index in [1.807, 2.05) is 32.9 Å². The van der Waals surface area contributed by atoms with Gasteiger partial charge in [0.2, 0.25) is 0 Å². The predicted octanol–water partition coefficient (Wildman–Crippen LogP) is 4.22. The Kier molecular flexibility index (Phi) is 5.18. The molecule has 0 radical (unpaired) electrons. The van der Waals surface area contributed by atoms with Crippen LogP contribution < -0.4 is 10.0 Å². The molecule has 0 aliphatic rings. The van der Waals surface area contributed by atoms with Gasteiger partial charge in [-0.3, -0.25) is 4.72 Å². The number of anilines is 2. The number of hydrogen-bond acceptors (Lipinski definition) is 4. The van der Waals surface area contributed by atoms with Gasteiger partial charge < -0.3 is 5.32 Å². The minimum Gasteiger partial charge on any atom is -0.379 e. The number of benzene rings is 1. The van der Waals surface area contributed by atoms with Gasteiger partial charge in [-0.25, -0.2) is 13.4 Å². The zero-order valence-corrected chi connectivity index (χ0v) is 15.6. The fraction of sp³-hybridized carbons (Fsp3) is 0.389. The lowest BCUT2D eigenvalue weighted by atomic mass is 10.0. The summed E-state index contributed by atoms with van der Waals surface area (Å²) in [6, 6.07) is 10.4. The van der Waals surface area contributed by atoms with Crippen LogP contribution in [0.25, 0.3) is 0 Å². The number of pyridine rings is 1. The van der Waals surface area contributed by atoms with Crippen molar-refractivity contribution in [2.75, 3.05) is 10.0 Å². The summed E-state index contributed by atoms with van der Waals surface area (Å²) in [5.74, 6) is 0.654. The van der Waals surface area contributed by atoms with Gasteiger partial charge in [0.25, 0.3) is 10.0 Å². The molecule has 0 bridgehead atoms. The van der Waals surface area contributed by atoms with Crippen molar-refractivity contribution < 1.29 is 8.42 Å². The fourth-order valence-electron chi connectivity index (χ4n) is 2.19. The van der Waals surface area contributed by atoms with Crippen LogP contribution in [-0.4, -0.2) is 18.9 Å². The molecule has 0 fully saturated rings.